The highest BCUT2D eigenvalue weighted by Gasteiger charge is 2.35. The maximum atomic E-state index is 12.6. The Labute approximate surface area is 117 Å². The van der Waals surface area contributed by atoms with Crippen molar-refractivity contribution in [1.29, 1.82) is 0 Å². The number of hydrogen-bond acceptors (Lipinski definition) is 4. The second-order valence-corrected chi connectivity index (χ2v) is 7.65. The van der Waals surface area contributed by atoms with E-state index in [2.05, 4.69) is 4.98 Å². The Morgan fingerprint density at radius 1 is 1.20 bits per heavy atom. The van der Waals surface area contributed by atoms with Crippen LogP contribution < -0.4 is 4.89 Å². The molecule has 104 valence electrons. The number of hydrogen-bond donors (Lipinski definition) is 1. The zero-order chi connectivity index (χ0) is 14.2. The zero-order valence-electron chi connectivity index (χ0n) is 10.8. The van der Waals surface area contributed by atoms with Crippen LogP contribution >= 0.6 is 7.37 Å². The summed E-state index contributed by atoms with van der Waals surface area (Å²) < 4.78 is 12.6. The molecule has 0 saturated carbocycles. The molecule has 0 saturated heterocycles. The van der Waals surface area contributed by atoms with E-state index in [9.17, 15) is 14.6 Å². The Morgan fingerprint density at radius 2 is 1.85 bits per heavy atom. The minimum absolute atomic E-state index is 0.335. The molecular formula is C15H15NO3P-. The predicted octanol–water partition coefficient (Wildman–Crippen LogP) is 1.88. The highest BCUT2D eigenvalue weighted by molar-refractivity contribution is 7.57. The van der Waals surface area contributed by atoms with Crippen molar-refractivity contribution in [3.05, 3.63) is 65.5 Å². The molecule has 4 nitrogen and oxygen atoms in total. The van der Waals surface area contributed by atoms with Gasteiger partial charge in [0.05, 0.1) is 7.37 Å². The quantitative estimate of drug-likeness (QED) is 0.875. The average Bonchev–Trinajstić information content (AvgIpc) is 2.92. The maximum absolute atomic E-state index is 12.6. The molecule has 1 heterocycles. The van der Waals surface area contributed by atoms with Gasteiger partial charge in [-0.15, -0.1) is 0 Å². The van der Waals surface area contributed by atoms with Crippen molar-refractivity contribution in [3.8, 4) is 0 Å². The fourth-order valence-corrected chi connectivity index (χ4v) is 4.60. The molecule has 3 rings (SSSR count). The molecular weight excluding hydrogens is 273 g/mol. The lowest BCUT2D eigenvalue weighted by Crippen LogP contribution is -2.23. The highest BCUT2D eigenvalue weighted by Crippen LogP contribution is 2.57. The normalized spacial score (nSPS) is 19.3. The first-order valence-corrected chi connectivity index (χ1v) is 8.30. The van der Waals surface area contributed by atoms with E-state index in [4.69, 9.17) is 0 Å². The second kappa shape index (κ2) is 5.13. The number of aliphatic hydroxyl groups is 1. The van der Waals surface area contributed by atoms with Crippen molar-refractivity contribution >= 4 is 7.37 Å². The largest absolute Gasteiger partial charge is 0.797 e. The van der Waals surface area contributed by atoms with Gasteiger partial charge in [0.25, 0.3) is 0 Å². The molecule has 1 aliphatic carbocycles. The van der Waals surface area contributed by atoms with Gasteiger partial charge in [0.1, 0.15) is 5.85 Å². The Kier molecular flexibility index (Phi) is 3.47. The molecule has 0 spiro atoms. The summed E-state index contributed by atoms with van der Waals surface area (Å²) in [6.45, 7) is 0. The van der Waals surface area contributed by atoms with E-state index in [0.717, 1.165) is 11.1 Å². The van der Waals surface area contributed by atoms with Crippen LogP contribution in [0, 0.1) is 0 Å². The van der Waals surface area contributed by atoms with Crippen molar-refractivity contribution in [3.63, 3.8) is 0 Å². The van der Waals surface area contributed by atoms with Crippen LogP contribution in [0.5, 0.6) is 0 Å². The molecule has 0 fully saturated rings. The first kappa shape index (κ1) is 13.5. The third kappa shape index (κ3) is 2.31. The van der Waals surface area contributed by atoms with Crippen molar-refractivity contribution in [1.82, 2.24) is 4.98 Å². The minimum atomic E-state index is -3.97. The van der Waals surface area contributed by atoms with Gasteiger partial charge in [0, 0.05) is 23.6 Å². The number of pyridine rings is 1. The van der Waals surface area contributed by atoms with E-state index in [1.807, 2.05) is 24.3 Å². The zero-order valence-corrected chi connectivity index (χ0v) is 11.7. The highest BCUT2D eigenvalue weighted by atomic mass is 31.2. The monoisotopic (exact) mass is 288 g/mol. The van der Waals surface area contributed by atoms with Crippen LogP contribution in [0.25, 0.3) is 0 Å². The third-order valence-corrected chi connectivity index (χ3v) is 6.22. The number of aromatic nitrogens is 1. The molecule has 0 amide bonds. The molecule has 0 radical (unpaired) electrons. The Morgan fingerprint density at radius 3 is 2.40 bits per heavy atom. The van der Waals surface area contributed by atoms with Gasteiger partial charge < -0.3 is 14.6 Å². The van der Waals surface area contributed by atoms with E-state index < -0.39 is 18.9 Å². The lowest BCUT2D eigenvalue weighted by molar-refractivity contribution is -0.186. The number of fused-ring (bicyclic) bond motifs is 1. The molecule has 2 aromatic rings. The number of aliphatic hydroxyl groups excluding tert-OH is 1. The predicted molar refractivity (Wildman–Crippen MR) is 74.4 cm³/mol. The molecule has 2 atom stereocenters. The lowest BCUT2D eigenvalue weighted by atomic mass is 10.1. The lowest BCUT2D eigenvalue weighted by Gasteiger charge is -2.34. The molecule has 1 aromatic carbocycles. The van der Waals surface area contributed by atoms with Gasteiger partial charge in [-0.1, -0.05) is 30.3 Å². The summed E-state index contributed by atoms with van der Waals surface area (Å²) in [5.41, 5.74) is 1.93. The Bertz CT molecular complexity index is 634. The van der Waals surface area contributed by atoms with Gasteiger partial charge in [-0.05, 0) is 30.0 Å². The van der Waals surface area contributed by atoms with Crippen LogP contribution in [0.2, 0.25) is 0 Å². The topological polar surface area (TPSA) is 73.2 Å². The van der Waals surface area contributed by atoms with E-state index in [1.165, 1.54) is 6.20 Å². The van der Waals surface area contributed by atoms with Gasteiger partial charge in [0.15, 0.2) is 0 Å². The standard InChI is InChI=1S/C15H16NO3P/c17-15(13-6-3-7-16-10-13)20(18,19)14-8-11-4-1-2-5-12(11)9-14/h1-7,10,14-15,17H,8-9H2,(H,18,19)/p-1. The van der Waals surface area contributed by atoms with E-state index in [-0.39, 0.29) is 0 Å². The number of benzene rings is 1. The Hall–Kier alpha value is -1.48. The molecule has 5 heteroatoms. The number of rotatable bonds is 3. The summed E-state index contributed by atoms with van der Waals surface area (Å²) in [4.78, 5) is 16.4. The smallest absolute Gasteiger partial charge is 0.121 e. The minimum Gasteiger partial charge on any atom is -0.797 e. The van der Waals surface area contributed by atoms with E-state index in [0.29, 0.717) is 18.4 Å². The maximum Gasteiger partial charge on any atom is 0.121 e. The van der Waals surface area contributed by atoms with Gasteiger partial charge in [-0.2, -0.15) is 0 Å². The van der Waals surface area contributed by atoms with Crippen LogP contribution in [0.4, 0.5) is 0 Å². The van der Waals surface area contributed by atoms with Gasteiger partial charge >= 0.3 is 0 Å². The molecule has 1 aliphatic rings. The van der Waals surface area contributed by atoms with Crippen LogP contribution in [0.3, 0.4) is 0 Å². The summed E-state index contributed by atoms with van der Waals surface area (Å²) in [5.74, 6) is -1.48. The van der Waals surface area contributed by atoms with Crippen molar-refractivity contribution in [2.75, 3.05) is 0 Å². The van der Waals surface area contributed by atoms with Gasteiger partial charge in [0.2, 0.25) is 0 Å². The molecule has 0 bridgehead atoms. The SMILES string of the molecule is O=P([O-])(C1Cc2ccccc2C1)C(O)c1cccnc1. The summed E-state index contributed by atoms with van der Waals surface area (Å²) >= 11 is 0. The van der Waals surface area contributed by atoms with Crippen molar-refractivity contribution < 1.29 is 14.6 Å². The van der Waals surface area contributed by atoms with Crippen LogP contribution in [0.15, 0.2) is 48.8 Å². The second-order valence-electron chi connectivity index (χ2n) is 5.14. The summed E-state index contributed by atoms with van der Waals surface area (Å²) in [5, 5.41) is 10.2. The Balaban J connectivity index is 1.86. The number of nitrogens with zero attached hydrogens (tertiary/aromatic N) is 1. The van der Waals surface area contributed by atoms with Crippen molar-refractivity contribution in [2.45, 2.75) is 24.3 Å². The first-order valence-electron chi connectivity index (χ1n) is 6.54. The van der Waals surface area contributed by atoms with Crippen LogP contribution in [0.1, 0.15) is 22.5 Å². The van der Waals surface area contributed by atoms with Gasteiger partial charge in [-0.25, -0.2) is 0 Å². The summed E-state index contributed by atoms with van der Waals surface area (Å²) in [7, 11) is -3.97. The first-order chi connectivity index (χ1) is 9.59. The van der Waals surface area contributed by atoms with E-state index >= 15 is 0 Å². The molecule has 20 heavy (non-hydrogen) atoms. The molecule has 2 unspecified atom stereocenters. The van der Waals surface area contributed by atoms with Crippen LogP contribution in [-0.2, 0) is 17.4 Å². The molecule has 1 aromatic heterocycles. The average molecular weight is 288 g/mol. The summed E-state index contributed by atoms with van der Waals surface area (Å²) in [6.07, 6.45) is 3.91. The fourth-order valence-electron chi connectivity index (χ4n) is 2.73. The fraction of sp³-hybridized carbons (Fsp3) is 0.267. The van der Waals surface area contributed by atoms with E-state index in [1.54, 1.807) is 18.3 Å². The van der Waals surface area contributed by atoms with Gasteiger partial charge in [-0.3, -0.25) is 4.98 Å². The molecule has 0 aliphatic heterocycles. The summed E-state index contributed by atoms with van der Waals surface area (Å²) in [6, 6.07) is 10.9. The van der Waals surface area contributed by atoms with Crippen molar-refractivity contribution in [2.24, 2.45) is 0 Å². The van der Waals surface area contributed by atoms with Crippen LogP contribution in [-0.4, -0.2) is 15.7 Å². The third-order valence-electron chi connectivity index (χ3n) is 3.86. The molecule has 1 N–H and O–H groups in total.